The van der Waals surface area contributed by atoms with Gasteiger partial charge in [-0.15, -0.1) is 0 Å². The van der Waals surface area contributed by atoms with Gasteiger partial charge in [-0.25, -0.2) is 9.97 Å². The third-order valence-electron chi connectivity index (χ3n) is 5.19. The molecule has 10 heteroatoms. The average Bonchev–Trinajstić information content (AvgIpc) is 3.45. The van der Waals surface area contributed by atoms with E-state index in [4.69, 9.17) is 16.0 Å². The van der Waals surface area contributed by atoms with Crippen LogP contribution in [0.1, 0.15) is 25.5 Å². The number of anilines is 1. The maximum absolute atomic E-state index is 12.4. The highest BCUT2D eigenvalue weighted by Crippen LogP contribution is 2.32. The van der Waals surface area contributed by atoms with Crippen molar-refractivity contribution in [3.63, 3.8) is 0 Å². The monoisotopic (exact) mass is 449 g/mol. The minimum atomic E-state index is -0.137. The molecule has 0 spiro atoms. The summed E-state index contributed by atoms with van der Waals surface area (Å²) in [4.78, 5) is 37.4. The molecule has 1 saturated carbocycles. The van der Waals surface area contributed by atoms with Crippen molar-refractivity contribution in [3.8, 4) is 0 Å². The number of halogens is 1. The smallest absolute Gasteiger partial charge is 0.230 e. The van der Waals surface area contributed by atoms with Crippen molar-refractivity contribution in [3.05, 3.63) is 35.4 Å². The Balaban J connectivity index is 1.32. The Kier molecular flexibility index (Phi) is 6.48. The van der Waals surface area contributed by atoms with Gasteiger partial charge in [0.2, 0.25) is 11.8 Å². The molecule has 0 bridgehead atoms. The van der Waals surface area contributed by atoms with Crippen LogP contribution in [-0.4, -0.2) is 58.1 Å². The van der Waals surface area contributed by atoms with Crippen LogP contribution in [0, 0.1) is 5.92 Å². The Morgan fingerprint density at radius 3 is 2.87 bits per heavy atom. The number of hydrogen-bond donors (Lipinski definition) is 1. The van der Waals surface area contributed by atoms with Gasteiger partial charge in [0.25, 0.3) is 0 Å². The van der Waals surface area contributed by atoms with E-state index in [1.54, 1.807) is 24.5 Å². The van der Waals surface area contributed by atoms with Gasteiger partial charge >= 0.3 is 0 Å². The molecule has 2 aromatic rings. The first-order chi connectivity index (χ1) is 14.5. The molecule has 1 unspecified atom stereocenters. The van der Waals surface area contributed by atoms with E-state index in [1.807, 2.05) is 4.90 Å². The van der Waals surface area contributed by atoms with Crippen LogP contribution in [0.15, 0.2) is 34.0 Å². The summed E-state index contributed by atoms with van der Waals surface area (Å²) in [7, 11) is 0. The number of nitrogens with one attached hydrogen (secondary N) is 1. The van der Waals surface area contributed by atoms with Gasteiger partial charge in [0.1, 0.15) is 16.7 Å². The Morgan fingerprint density at radius 1 is 1.33 bits per heavy atom. The van der Waals surface area contributed by atoms with Gasteiger partial charge in [0.15, 0.2) is 5.16 Å². The first kappa shape index (κ1) is 21.0. The molecular weight excluding hydrogens is 426 g/mol. The summed E-state index contributed by atoms with van der Waals surface area (Å²) in [6.07, 6.45) is 3.60. The fourth-order valence-electron chi connectivity index (χ4n) is 3.45. The number of hydrogen-bond acceptors (Lipinski definition) is 7. The largest absolute Gasteiger partial charge is 0.467 e. The first-order valence-corrected chi connectivity index (χ1v) is 11.4. The number of carbonyl (C=O) groups is 2. The Bertz CT molecular complexity index is 906. The average molecular weight is 450 g/mol. The maximum Gasteiger partial charge on any atom is 0.230 e. The van der Waals surface area contributed by atoms with Gasteiger partial charge in [0, 0.05) is 37.7 Å². The molecule has 2 aromatic heterocycles. The SMILES string of the molecule is CC1CN(c2cc(Cl)nc(SCC(=O)NCc3ccco3)n2)CCN1C(=O)C1CC1. The lowest BCUT2D eigenvalue weighted by Crippen LogP contribution is -2.54. The van der Waals surface area contributed by atoms with Crippen LogP contribution in [0.4, 0.5) is 5.82 Å². The first-order valence-electron chi connectivity index (χ1n) is 10.0. The fraction of sp³-hybridized carbons (Fsp3) is 0.500. The van der Waals surface area contributed by atoms with Crippen LogP contribution < -0.4 is 10.2 Å². The van der Waals surface area contributed by atoms with Gasteiger partial charge in [-0.2, -0.15) is 0 Å². The van der Waals surface area contributed by atoms with E-state index in [0.717, 1.165) is 18.7 Å². The molecule has 0 aromatic carbocycles. The van der Waals surface area contributed by atoms with E-state index < -0.39 is 0 Å². The lowest BCUT2D eigenvalue weighted by atomic mass is 10.1. The molecule has 3 heterocycles. The Hall–Kier alpha value is -2.26. The fourth-order valence-corrected chi connectivity index (χ4v) is 4.36. The second-order valence-corrected chi connectivity index (χ2v) is 8.91. The van der Waals surface area contributed by atoms with Crippen LogP contribution in [0.3, 0.4) is 0 Å². The molecule has 1 saturated heterocycles. The number of thioether (sulfide) groups is 1. The molecule has 1 aliphatic carbocycles. The minimum Gasteiger partial charge on any atom is -0.467 e. The molecule has 1 aliphatic heterocycles. The van der Waals surface area contributed by atoms with Crippen molar-refractivity contribution in [1.29, 1.82) is 0 Å². The van der Waals surface area contributed by atoms with Crippen molar-refractivity contribution in [1.82, 2.24) is 20.2 Å². The quantitative estimate of drug-likeness (QED) is 0.394. The summed E-state index contributed by atoms with van der Waals surface area (Å²) in [5.41, 5.74) is 0. The Labute approximate surface area is 184 Å². The van der Waals surface area contributed by atoms with Gasteiger partial charge in [-0.3, -0.25) is 9.59 Å². The van der Waals surface area contributed by atoms with Gasteiger partial charge < -0.3 is 19.5 Å². The topological polar surface area (TPSA) is 91.6 Å². The highest BCUT2D eigenvalue weighted by Gasteiger charge is 2.37. The van der Waals surface area contributed by atoms with Crippen LogP contribution in [0.2, 0.25) is 5.15 Å². The molecule has 1 atom stereocenters. The van der Waals surface area contributed by atoms with Crippen LogP contribution in [-0.2, 0) is 16.1 Å². The second-order valence-electron chi connectivity index (χ2n) is 7.58. The Morgan fingerprint density at radius 2 is 2.17 bits per heavy atom. The summed E-state index contributed by atoms with van der Waals surface area (Å²) >= 11 is 7.45. The molecule has 8 nitrogen and oxygen atoms in total. The molecule has 30 heavy (non-hydrogen) atoms. The van der Waals surface area contributed by atoms with E-state index >= 15 is 0 Å². The summed E-state index contributed by atoms with van der Waals surface area (Å²) < 4.78 is 5.20. The zero-order chi connectivity index (χ0) is 21.1. The van der Waals surface area contributed by atoms with Crippen molar-refractivity contribution in [2.45, 2.75) is 37.5 Å². The third kappa shape index (κ3) is 5.26. The van der Waals surface area contributed by atoms with Gasteiger partial charge in [0.05, 0.1) is 18.6 Å². The van der Waals surface area contributed by atoms with Gasteiger partial charge in [-0.05, 0) is 31.9 Å². The zero-order valence-corrected chi connectivity index (χ0v) is 18.3. The maximum atomic E-state index is 12.4. The van der Waals surface area contributed by atoms with Crippen LogP contribution >= 0.6 is 23.4 Å². The second kappa shape index (κ2) is 9.26. The molecule has 0 radical (unpaired) electrons. The van der Waals surface area contributed by atoms with E-state index in [2.05, 4.69) is 27.1 Å². The highest BCUT2D eigenvalue weighted by atomic mass is 35.5. The predicted molar refractivity (Wildman–Crippen MR) is 114 cm³/mol. The molecule has 4 rings (SSSR count). The predicted octanol–water partition coefficient (Wildman–Crippen LogP) is 2.58. The van der Waals surface area contributed by atoms with Crippen LogP contribution in [0.5, 0.6) is 0 Å². The number of furan rings is 1. The molecule has 2 amide bonds. The van der Waals surface area contributed by atoms with Crippen molar-refractivity contribution >= 4 is 41.0 Å². The summed E-state index contributed by atoms with van der Waals surface area (Å²) in [6, 6.07) is 5.43. The van der Waals surface area contributed by atoms with Crippen molar-refractivity contribution in [2.24, 2.45) is 5.92 Å². The molecular formula is C20H24ClN5O3S. The highest BCUT2D eigenvalue weighted by molar-refractivity contribution is 7.99. The molecule has 2 fully saturated rings. The number of nitrogens with zero attached hydrogens (tertiary/aromatic N) is 4. The number of amides is 2. The number of rotatable bonds is 7. The van der Waals surface area contributed by atoms with E-state index in [0.29, 0.717) is 42.2 Å². The number of aromatic nitrogens is 2. The molecule has 1 N–H and O–H groups in total. The zero-order valence-electron chi connectivity index (χ0n) is 16.7. The molecule has 160 valence electrons. The standard InChI is InChI=1S/C20H24ClN5O3S/c1-13-11-25(6-7-26(13)19(28)14-4-5-14)17-9-16(21)23-20(24-17)30-12-18(27)22-10-15-3-2-8-29-15/h2-3,8-9,13-14H,4-7,10-12H2,1H3,(H,22,27). The lowest BCUT2D eigenvalue weighted by molar-refractivity contribution is -0.135. The summed E-state index contributed by atoms with van der Waals surface area (Å²) in [6.45, 7) is 4.48. The van der Waals surface area contributed by atoms with Crippen molar-refractivity contribution < 1.29 is 14.0 Å². The van der Waals surface area contributed by atoms with E-state index in [1.165, 1.54) is 11.8 Å². The molecule has 2 aliphatic rings. The normalized spacial score (nSPS) is 19.1. The summed E-state index contributed by atoms with van der Waals surface area (Å²) in [5.74, 6) is 1.97. The summed E-state index contributed by atoms with van der Waals surface area (Å²) in [5, 5.41) is 3.58. The minimum absolute atomic E-state index is 0.115. The lowest BCUT2D eigenvalue weighted by Gasteiger charge is -2.40. The van der Waals surface area contributed by atoms with E-state index in [9.17, 15) is 9.59 Å². The number of piperazine rings is 1. The van der Waals surface area contributed by atoms with E-state index in [-0.39, 0.29) is 29.5 Å². The van der Waals surface area contributed by atoms with Gasteiger partial charge in [-0.1, -0.05) is 23.4 Å². The van der Waals surface area contributed by atoms with Crippen LogP contribution in [0.25, 0.3) is 0 Å². The third-order valence-corrected chi connectivity index (χ3v) is 6.24. The number of carbonyl (C=O) groups excluding carboxylic acids is 2. The van der Waals surface area contributed by atoms with Crippen molar-refractivity contribution in [2.75, 3.05) is 30.3 Å².